The van der Waals surface area contributed by atoms with Gasteiger partial charge in [0.25, 0.3) is 0 Å². The van der Waals surface area contributed by atoms with Gasteiger partial charge in [0.1, 0.15) is 0 Å². The molecule has 4 nitrogen and oxygen atoms in total. The van der Waals surface area contributed by atoms with Crippen molar-refractivity contribution < 1.29 is 9.53 Å². The molecule has 1 rings (SSSR count). The second kappa shape index (κ2) is 5.07. The van der Waals surface area contributed by atoms with Crippen LogP contribution < -0.4 is 5.32 Å². The van der Waals surface area contributed by atoms with Crippen LogP contribution in [-0.4, -0.2) is 31.7 Å². The van der Waals surface area contributed by atoms with E-state index >= 15 is 0 Å². The van der Waals surface area contributed by atoms with Crippen molar-refractivity contribution in [1.82, 2.24) is 10.3 Å². The number of hydrogen-bond donors (Lipinski definition) is 1. The molecule has 78 valence electrons. The number of thiazole rings is 1. The molecule has 0 bridgehead atoms. The third-order valence-corrected chi connectivity index (χ3v) is 2.84. The van der Waals surface area contributed by atoms with E-state index in [1.807, 2.05) is 14.0 Å². The summed E-state index contributed by atoms with van der Waals surface area (Å²) < 4.78 is 4.62. The summed E-state index contributed by atoms with van der Waals surface area (Å²) in [6.45, 7) is 2.75. The zero-order chi connectivity index (χ0) is 10.6. The van der Waals surface area contributed by atoms with Crippen LogP contribution in [0.15, 0.2) is 0 Å². The number of ether oxygens (including phenoxy) is 1. The Labute approximate surface area is 87.3 Å². The first-order chi connectivity index (χ1) is 6.69. The molecule has 5 heteroatoms. The van der Waals surface area contributed by atoms with E-state index in [2.05, 4.69) is 15.0 Å². The molecule has 0 atom stereocenters. The molecule has 0 saturated carbocycles. The van der Waals surface area contributed by atoms with Gasteiger partial charge in [0.2, 0.25) is 0 Å². The fourth-order valence-electron chi connectivity index (χ4n) is 1.08. The highest BCUT2D eigenvalue weighted by Crippen LogP contribution is 2.18. The fourth-order valence-corrected chi connectivity index (χ4v) is 2.00. The normalized spacial score (nSPS) is 10.2. The Morgan fingerprint density at radius 2 is 2.36 bits per heavy atom. The first-order valence-corrected chi connectivity index (χ1v) is 5.20. The predicted octanol–water partition coefficient (Wildman–Crippen LogP) is 1.00. The maximum atomic E-state index is 11.2. The van der Waals surface area contributed by atoms with Crippen LogP contribution in [0.25, 0.3) is 0 Å². The van der Waals surface area contributed by atoms with Gasteiger partial charge < -0.3 is 10.1 Å². The van der Waals surface area contributed by atoms with Crippen LogP contribution in [0.3, 0.4) is 0 Å². The SMILES string of the molecule is CNCCc1nc(C(=O)OC)c(C)s1. The van der Waals surface area contributed by atoms with Crippen LogP contribution in [0.1, 0.15) is 20.4 Å². The molecule has 1 aromatic rings. The Morgan fingerprint density at radius 1 is 1.64 bits per heavy atom. The van der Waals surface area contributed by atoms with Crippen molar-refractivity contribution in [3.8, 4) is 0 Å². The number of rotatable bonds is 4. The molecule has 1 N–H and O–H groups in total. The van der Waals surface area contributed by atoms with Gasteiger partial charge in [0.15, 0.2) is 5.69 Å². The molecular weight excluding hydrogens is 200 g/mol. The second-order valence-corrected chi connectivity index (χ2v) is 4.15. The molecule has 0 fully saturated rings. The van der Waals surface area contributed by atoms with Crippen LogP contribution >= 0.6 is 11.3 Å². The maximum absolute atomic E-state index is 11.2. The minimum atomic E-state index is -0.352. The molecule has 1 heterocycles. The topological polar surface area (TPSA) is 51.2 Å². The highest BCUT2D eigenvalue weighted by atomic mass is 32.1. The third kappa shape index (κ3) is 2.52. The Kier molecular flexibility index (Phi) is 4.03. The summed E-state index contributed by atoms with van der Waals surface area (Å²) in [5, 5.41) is 4.01. The van der Waals surface area contributed by atoms with Crippen molar-refractivity contribution in [2.24, 2.45) is 0 Å². The predicted molar refractivity (Wildman–Crippen MR) is 55.8 cm³/mol. The van der Waals surface area contributed by atoms with E-state index in [-0.39, 0.29) is 5.97 Å². The van der Waals surface area contributed by atoms with Crippen LogP contribution in [-0.2, 0) is 11.2 Å². The van der Waals surface area contributed by atoms with Crippen LogP contribution in [0.4, 0.5) is 0 Å². The lowest BCUT2D eigenvalue weighted by molar-refractivity contribution is 0.0594. The Hall–Kier alpha value is -0.940. The van der Waals surface area contributed by atoms with E-state index in [1.165, 1.54) is 7.11 Å². The van der Waals surface area contributed by atoms with Crippen molar-refractivity contribution in [2.45, 2.75) is 13.3 Å². The number of hydrogen-bond acceptors (Lipinski definition) is 5. The van der Waals surface area contributed by atoms with Gasteiger partial charge in [-0.3, -0.25) is 0 Å². The van der Waals surface area contributed by atoms with E-state index < -0.39 is 0 Å². The number of aryl methyl sites for hydroxylation is 1. The van der Waals surface area contributed by atoms with Crippen molar-refractivity contribution in [1.29, 1.82) is 0 Å². The van der Waals surface area contributed by atoms with Crippen LogP contribution in [0.2, 0.25) is 0 Å². The Balaban J connectivity index is 2.77. The standard InChI is InChI=1S/C9H14N2O2S/c1-6-8(9(12)13-3)11-7(14-6)4-5-10-2/h10H,4-5H2,1-3H3. The van der Waals surface area contributed by atoms with Crippen molar-refractivity contribution in [2.75, 3.05) is 20.7 Å². The van der Waals surface area contributed by atoms with E-state index in [1.54, 1.807) is 11.3 Å². The third-order valence-electron chi connectivity index (χ3n) is 1.81. The monoisotopic (exact) mass is 214 g/mol. The van der Waals surface area contributed by atoms with Crippen LogP contribution in [0.5, 0.6) is 0 Å². The average molecular weight is 214 g/mol. The number of carbonyl (C=O) groups is 1. The molecule has 0 aromatic carbocycles. The number of aromatic nitrogens is 1. The number of likely N-dealkylation sites (N-methyl/N-ethyl adjacent to an activating group) is 1. The molecule has 0 aliphatic rings. The summed E-state index contributed by atoms with van der Waals surface area (Å²) in [7, 11) is 3.26. The summed E-state index contributed by atoms with van der Waals surface area (Å²) >= 11 is 1.55. The lowest BCUT2D eigenvalue weighted by Gasteiger charge is -1.94. The van der Waals surface area contributed by atoms with Crippen molar-refractivity contribution in [3.05, 3.63) is 15.6 Å². The van der Waals surface area contributed by atoms with E-state index in [0.29, 0.717) is 5.69 Å². The highest BCUT2D eigenvalue weighted by molar-refractivity contribution is 7.11. The lowest BCUT2D eigenvalue weighted by atomic mass is 10.4. The minimum absolute atomic E-state index is 0.352. The van der Waals surface area contributed by atoms with Gasteiger partial charge in [0.05, 0.1) is 12.1 Å². The molecule has 0 amide bonds. The summed E-state index contributed by atoms with van der Waals surface area (Å²) in [4.78, 5) is 16.4. The van der Waals surface area contributed by atoms with E-state index in [9.17, 15) is 4.79 Å². The fraction of sp³-hybridized carbons (Fsp3) is 0.556. The largest absolute Gasteiger partial charge is 0.464 e. The molecule has 14 heavy (non-hydrogen) atoms. The maximum Gasteiger partial charge on any atom is 0.357 e. The molecule has 0 aliphatic heterocycles. The summed E-state index contributed by atoms with van der Waals surface area (Å²) in [5.74, 6) is -0.352. The average Bonchev–Trinajstić information content (AvgIpc) is 2.55. The van der Waals surface area contributed by atoms with Crippen LogP contribution in [0, 0.1) is 6.92 Å². The van der Waals surface area contributed by atoms with Crippen molar-refractivity contribution >= 4 is 17.3 Å². The van der Waals surface area contributed by atoms with Gasteiger partial charge in [-0.05, 0) is 14.0 Å². The quantitative estimate of drug-likeness (QED) is 0.760. The number of methoxy groups -OCH3 is 1. The molecule has 0 spiro atoms. The number of nitrogens with one attached hydrogen (secondary N) is 1. The number of nitrogens with zero attached hydrogens (tertiary/aromatic N) is 1. The number of esters is 1. The summed E-state index contributed by atoms with van der Waals surface area (Å²) in [5.41, 5.74) is 0.448. The molecule has 0 aliphatic carbocycles. The molecule has 0 saturated heterocycles. The highest BCUT2D eigenvalue weighted by Gasteiger charge is 2.14. The summed E-state index contributed by atoms with van der Waals surface area (Å²) in [6.07, 6.45) is 0.846. The smallest absolute Gasteiger partial charge is 0.357 e. The second-order valence-electron chi connectivity index (χ2n) is 2.86. The number of carbonyl (C=O) groups excluding carboxylic acids is 1. The Morgan fingerprint density at radius 3 is 2.93 bits per heavy atom. The van der Waals surface area contributed by atoms with Gasteiger partial charge in [-0.2, -0.15) is 0 Å². The zero-order valence-corrected chi connectivity index (χ0v) is 9.40. The van der Waals surface area contributed by atoms with Gasteiger partial charge in [-0.15, -0.1) is 11.3 Å². The van der Waals surface area contributed by atoms with Gasteiger partial charge >= 0.3 is 5.97 Å². The molecular formula is C9H14N2O2S. The minimum Gasteiger partial charge on any atom is -0.464 e. The molecule has 0 radical (unpaired) electrons. The van der Waals surface area contributed by atoms with E-state index in [4.69, 9.17) is 0 Å². The first kappa shape index (κ1) is 11.1. The van der Waals surface area contributed by atoms with E-state index in [0.717, 1.165) is 22.9 Å². The molecule has 0 unspecified atom stereocenters. The first-order valence-electron chi connectivity index (χ1n) is 4.38. The van der Waals surface area contributed by atoms with Crippen molar-refractivity contribution in [3.63, 3.8) is 0 Å². The molecule has 1 aromatic heterocycles. The van der Waals surface area contributed by atoms with Gasteiger partial charge in [-0.1, -0.05) is 0 Å². The summed E-state index contributed by atoms with van der Waals surface area (Å²) in [6, 6.07) is 0. The van der Waals surface area contributed by atoms with Gasteiger partial charge in [-0.25, -0.2) is 9.78 Å². The zero-order valence-electron chi connectivity index (χ0n) is 8.59. The Bertz CT molecular complexity index is 323. The lowest BCUT2D eigenvalue weighted by Crippen LogP contribution is -2.10. The van der Waals surface area contributed by atoms with Gasteiger partial charge in [0, 0.05) is 17.8 Å².